The van der Waals surface area contributed by atoms with Gasteiger partial charge in [-0.2, -0.15) is 0 Å². The van der Waals surface area contributed by atoms with Crippen LogP contribution in [0.15, 0.2) is 24.3 Å². The van der Waals surface area contributed by atoms with E-state index in [1.54, 1.807) is 12.1 Å². The van der Waals surface area contributed by atoms with E-state index in [9.17, 15) is 9.59 Å². The van der Waals surface area contributed by atoms with Crippen LogP contribution < -0.4 is 15.5 Å². The van der Waals surface area contributed by atoms with E-state index < -0.39 is 15.7 Å². The highest BCUT2D eigenvalue weighted by atomic mass is 35.6. The van der Waals surface area contributed by atoms with Crippen LogP contribution in [-0.2, 0) is 4.79 Å². The summed E-state index contributed by atoms with van der Waals surface area (Å²) in [6.07, 6.45) is 0. The lowest BCUT2D eigenvalue weighted by atomic mass is 10.2. The molecule has 1 aromatic rings. The fourth-order valence-electron chi connectivity index (χ4n) is 1.68. The predicted octanol–water partition coefficient (Wildman–Crippen LogP) is 3.55. The fourth-order valence-corrected chi connectivity index (χ4v) is 1.82. The van der Waals surface area contributed by atoms with Gasteiger partial charge >= 0.3 is 6.03 Å². The topological polar surface area (TPSA) is 61.4 Å². The molecule has 0 bridgehead atoms. The second-order valence-electron chi connectivity index (χ2n) is 4.13. The molecular weight excluding hydrogens is 337 g/mol. The Morgan fingerprint density at radius 1 is 1.10 bits per heavy atom. The van der Waals surface area contributed by atoms with Gasteiger partial charge in [0, 0.05) is 24.5 Å². The molecule has 0 radical (unpaired) electrons. The number of carbonyl (C=O) groups is 2. The van der Waals surface area contributed by atoms with Crippen molar-refractivity contribution in [3.05, 3.63) is 24.3 Å². The van der Waals surface area contributed by atoms with Crippen molar-refractivity contribution in [3.63, 3.8) is 0 Å². The molecule has 0 spiro atoms. The summed E-state index contributed by atoms with van der Waals surface area (Å²) in [6, 6.07) is 6.45. The standard InChI is InChI=1S/C13H16Cl3N3O2/c1-3-19(4-2)10-7-5-9(6-8-10)17-12(21)18-11(20)13(14,15)16/h5-8H,3-4H2,1-2H3,(H2,17,18,20,21). The number of imide groups is 1. The van der Waals surface area contributed by atoms with Crippen LogP contribution in [0.2, 0.25) is 0 Å². The van der Waals surface area contributed by atoms with Crippen molar-refractivity contribution in [3.8, 4) is 0 Å². The second-order valence-corrected chi connectivity index (χ2v) is 6.41. The van der Waals surface area contributed by atoms with Crippen molar-refractivity contribution in [2.75, 3.05) is 23.3 Å². The number of rotatable bonds is 4. The lowest BCUT2D eigenvalue weighted by molar-refractivity contribution is -0.119. The van der Waals surface area contributed by atoms with Crippen LogP contribution in [0, 0.1) is 0 Å². The molecule has 0 fully saturated rings. The molecule has 2 N–H and O–H groups in total. The van der Waals surface area contributed by atoms with Gasteiger partial charge in [0.1, 0.15) is 0 Å². The Hall–Kier alpha value is -1.17. The lowest BCUT2D eigenvalue weighted by Gasteiger charge is -2.21. The van der Waals surface area contributed by atoms with Crippen LogP contribution in [0.3, 0.4) is 0 Å². The molecule has 5 nitrogen and oxygen atoms in total. The molecule has 21 heavy (non-hydrogen) atoms. The Kier molecular flexibility index (Phi) is 6.58. The molecule has 0 saturated carbocycles. The highest BCUT2D eigenvalue weighted by molar-refractivity contribution is 6.76. The SMILES string of the molecule is CCN(CC)c1ccc(NC(=O)NC(=O)C(Cl)(Cl)Cl)cc1. The van der Waals surface area contributed by atoms with E-state index in [4.69, 9.17) is 34.8 Å². The van der Waals surface area contributed by atoms with Crippen LogP contribution in [0.4, 0.5) is 16.2 Å². The molecule has 1 aromatic carbocycles. The van der Waals surface area contributed by atoms with E-state index in [1.165, 1.54) is 0 Å². The maximum Gasteiger partial charge on any atom is 0.326 e. The summed E-state index contributed by atoms with van der Waals surface area (Å²) < 4.78 is -2.18. The van der Waals surface area contributed by atoms with E-state index in [1.807, 2.05) is 17.4 Å². The van der Waals surface area contributed by atoms with Gasteiger partial charge in [-0.3, -0.25) is 10.1 Å². The van der Waals surface area contributed by atoms with Crippen LogP contribution in [-0.4, -0.2) is 28.8 Å². The van der Waals surface area contributed by atoms with Crippen LogP contribution in [0.5, 0.6) is 0 Å². The minimum atomic E-state index is -2.18. The molecule has 0 atom stereocenters. The third kappa shape index (κ3) is 5.61. The third-order valence-corrected chi connectivity index (χ3v) is 3.25. The van der Waals surface area contributed by atoms with Gasteiger partial charge in [-0.1, -0.05) is 34.8 Å². The number of nitrogens with zero attached hydrogens (tertiary/aromatic N) is 1. The quantitative estimate of drug-likeness (QED) is 0.815. The van der Waals surface area contributed by atoms with Crippen LogP contribution in [0.1, 0.15) is 13.8 Å². The Balaban J connectivity index is 2.64. The lowest BCUT2D eigenvalue weighted by Crippen LogP contribution is -2.41. The predicted molar refractivity (Wildman–Crippen MR) is 87.5 cm³/mol. The summed E-state index contributed by atoms with van der Waals surface area (Å²) in [5, 5.41) is 4.41. The molecule has 0 aromatic heterocycles. The molecule has 0 aliphatic carbocycles. The first-order valence-electron chi connectivity index (χ1n) is 6.32. The van der Waals surface area contributed by atoms with Gasteiger partial charge in [0.2, 0.25) is 0 Å². The summed E-state index contributed by atoms with van der Waals surface area (Å²) >= 11 is 16.1. The summed E-state index contributed by atoms with van der Waals surface area (Å²) in [5.41, 5.74) is 1.57. The number of amides is 3. The first-order chi connectivity index (χ1) is 9.77. The number of urea groups is 1. The average Bonchev–Trinajstić information content (AvgIpc) is 2.40. The van der Waals surface area contributed by atoms with Crippen molar-refractivity contribution < 1.29 is 9.59 Å². The van der Waals surface area contributed by atoms with Gasteiger partial charge in [-0.05, 0) is 38.1 Å². The first kappa shape index (κ1) is 17.9. The second kappa shape index (κ2) is 7.73. The van der Waals surface area contributed by atoms with Gasteiger partial charge in [0.25, 0.3) is 9.70 Å². The van der Waals surface area contributed by atoms with Crippen molar-refractivity contribution in [2.45, 2.75) is 17.6 Å². The van der Waals surface area contributed by atoms with Gasteiger partial charge in [0.05, 0.1) is 0 Å². The first-order valence-corrected chi connectivity index (χ1v) is 7.45. The average molecular weight is 353 g/mol. The van der Waals surface area contributed by atoms with Gasteiger partial charge in [0.15, 0.2) is 0 Å². The van der Waals surface area contributed by atoms with Crippen molar-refractivity contribution in [2.24, 2.45) is 0 Å². The number of carbonyl (C=O) groups excluding carboxylic acids is 2. The normalized spacial score (nSPS) is 10.9. The van der Waals surface area contributed by atoms with E-state index >= 15 is 0 Å². The Bertz CT molecular complexity index is 496. The summed E-state index contributed by atoms with van der Waals surface area (Å²) in [7, 11) is 0. The molecule has 0 saturated heterocycles. The van der Waals surface area contributed by atoms with Crippen LogP contribution >= 0.6 is 34.8 Å². The number of alkyl halides is 3. The Morgan fingerprint density at radius 3 is 2.05 bits per heavy atom. The highest BCUT2D eigenvalue weighted by Gasteiger charge is 2.31. The Morgan fingerprint density at radius 2 is 1.62 bits per heavy atom. The molecule has 116 valence electrons. The monoisotopic (exact) mass is 351 g/mol. The largest absolute Gasteiger partial charge is 0.372 e. The zero-order valence-electron chi connectivity index (χ0n) is 11.6. The third-order valence-electron chi connectivity index (χ3n) is 2.74. The number of hydrogen-bond donors (Lipinski definition) is 2. The molecule has 8 heteroatoms. The minimum absolute atomic E-state index is 0.528. The van der Waals surface area contributed by atoms with Crippen molar-refractivity contribution >= 4 is 58.1 Å². The zero-order valence-corrected chi connectivity index (χ0v) is 13.9. The Labute approximate surface area is 138 Å². The zero-order chi connectivity index (χ0) is 16.0. The molecule has 1 rings (SSSR count). The smallest absolute Gasteiger partial charge is 0.326 e. The van der Waals surface area contributed by atoms with Crippen molar-refractivity contribution in [1.82, 2.24) is 5.32 Å². The molecule has 3 amide bonds. The number of hydrogen-bond acceptors (Lipinski definition) is 3. The number of anilines is 2. The molecule has 0 aliphatic heterocycles. The molecule has 0 aliphatic rings. The highest BCUT2D eigenvalue weighted by Crippen LogP contribution is 2.25. The number of nitrogens with one attached hydrogen (secondary N) is 2. The van der Waals surface area contributed by atoms with Gasteiger partial charge < -0.3 is 10.2 Å². The summed E-state index contributed by atoms with van der Waals surface area (Å²) in [5.74, 6) is -1.01. The fraction of sp³-hybridized carbons (Fsp3) is 0.385. The van der Waals surface area contributed by atoms with Crippen LogP contribution in [0.25, 0.3) is 0 Å². The van der Waals surface area contributed by atoms with Crippen molar-refractivity contribution in [1.29, 1.82) is 0 Å². The summed E-state index contributed by atoms with van der Waals surface area (Å²) in [6.45, 7) is 5.90. The molecule has 0 heterocycles. The van der Waals surface area contributed by atoms with Gasteiger partial charge in [-0.15, -0.1) is 0 Å². The van der Waals surface area contributed by atoms with E-state index in [2.05, 4.69) is 24.1 Å². The van der Waals surface area contributed by atoms with E-state index in [0.717, 1.165) is 18.8 Å². The molecular formula is C13H16Cl3N3O2. The van der Waals surface area contributed by atoms with E-state index in [0.29, 0.717) is 5.69 Å². The number of benzene rings is 1. The van der Waals surface area contributed by atoms with E-state index in [-0.39, 0.29) is 0 Å². The summed E-state index contributed by atoms with van der Waals surface area (Å²) in [4.78, 5) is 25.0. The maximum absolute atomic E-state index is 11.6. The maximum atomic E-state index is 11.6. The minimum Gasteiger partial charge on any atom is -0.372 e. The molecule has 0 unspecified atom stereocenters. The van der Waals surface area contributed by atoms with Gasteiger partial charge in [-0.25, -0.2) is 4.79 Å². The number of halogens is 3.